The molecule has 4 rings (SSSR count). The molecule has 0 saturated heterocycles. The molecule has 0 saturated carbocycles. The van der Waals surface area contributed by atoms with Crippen molar-refractivity contribution in [2.45, 2.75) is 17.1 Å². The third-order valence-electron chi connectivity index (χ3n) is 4.21. The fourth-order valence-corrected chi connectivity index (χ4v) is 3.78. The summed E-state index contributed by atoms with van der Waals surface area (Å²) in [6.45, 7) is 2.99. The van der Waals surface area contributed by atoms with Gasteiger partial charge in [-0.25, -0.2) is 0 Å². The number of anilines is 1. The molecule has 0 fully saturated rings. The summed E-state index contributed by atoms with van der Waals surface area (Å²) >= 11 is 1.55. The van der Waals surface area contributed by atoms with E-state index in [0.717, 1.165) is 4.90 Å². The quantitative estimate of drug-likeness (QED) is 0.679. The van der Waals surface area contributed by atoms with Crippen LogP contribution in [0.5, 0.6) is 11.5 Å². The molecular formula is C21H19NO3S. The van der Waals surface area contributed by atoms with E-state index < -0.39 is 0 Å². The molecule has 132 valence electrons. The maximum absolute atomic E-state index is 12.5. The number of amides is 1. The zero-order chi connectivity index (χ0) is 17.9. The average molecular weight is 365 g/mol. The normalized spacial score (nSPS) is 14.0. The number of nitrogens with one attached hydrogen (secondary N) is 1. The first-order valence-electron chi connectivity index (χ1n) is 8.55. The number of fused-ring (bicyclic) bond motifs is 2. The Hall–Kier alpha value is -2.66. The van der Waals surface area contributed by atoms with Gasteiger partial charge in [-0.2, -0.15) is 0 Å². The Kier molecular flexibility index (Phi) is 4.71. The van der Waals surface area contributed by atoms with Crippen LogP contribution < -0.4 is 14.8 Å². The molecule has 1 aliphatic heterocycles. The third kappa shape index (κ3) is 3.63. The lowest BCUT2D eigenvalue weighted by Crippen LogP contribution is -2.22. The van der Waals surface area contributed by atoms with Gasteiger partial charge in [-0.05, 0) is 42.0 Å². The van der Waals surface area contributed by atoms with Crippen LogP contribution in [0.4, 0.5) is 5.69 Å². The van der Waals surface area contributed by atoms with Crippen molar-refractivity contribution in [2.24, 2.45) is 0 Å². The van der Waals surface area contributed by atoms with Gasteiger partial charge < -0.3 is 14.8 Å². The highest BCUT2D eigenvalue weighted by Crippen LogP contribution is 2.33. The Bertz CT molecular complexity index is 957. The largest absolute Gasteiger partial charge is 0.486 e. The van der Waals surface area contributed by atoms with Gasteiger partial charge in [0.15, 0.2) is 11.5 Å². The SMILES string of the molecule is CC(Sc1ccc2ccccc2c1)C(=O)Nc1ccc2c(c1)OCCO2. The highest BCUT2D eigenvalue weighted by Gasteiger charge is 2.17. The molecule has 3 aromatic rings. The number of ether oxygens (including phenoxy) is 2. The van der Waals surface area contributed by atoms with Gasteiger partial charge >= 0.3 is 0 Å². The number of carbonyl (C=O) groups excluding carboxylic acids is 1. The summed E-state index contributed by atoms with van der Waals surface area (Å²) in [6.07, 6.45) is 0. The number of hydrogen-bond acceptors (Lipinski definition) is 4. The Morgan fingerprint density at radius 1 is 0.962 bits per heavy atom. The maximum Gasteiger partial charge on any atom is 0.237 e. The number of hydrogen-bond donors (Lipinski definition) is 1. The Morgan fingerprint density at radius 2 is 1.73 bits per heavy atom. The Balaban J connectivity index is 1.44. The van der Waals surface area contributed by atoms with Crippen LogP contribution in [-0.4, -0.2) is 24.4 Å². The molecule has 0 aliphatic carbocycles. The minimum atomic E-state index is -0.218. The summed E-state index contributed by atoms with van der Waals surface area (Å²) in [6, 6.07) is 19.9. The van der Waals surface area contributed by atoms with E-state index in [0.29, 0.717) is 30.4 Å². The Labute approximate surface area is 156 Å². The lowest BCUT2D eigenvalue weighted by Gasteiger charge is -2.19. The van der Waals surface area contributed by atoms with Gasteiger partial charge in [-0.15, -0.1) is 11.8 Å². The van der Waals surface area contributed by atoms with E-state index in [-0.39, 0.29) is 11.2 Å². The molecule has 3 aromatic carbocycles. The molecule has 0 bridgehead atoms. The molecule has 1 N–H and O–H groups in total. The number of carbonyl (C=O) groups is 1. The van der Waals surface area contributed by atoms with E-state index in [2.05, 4.69) is 35.6 Å². The molecule has 1 amide bonds. The van der Waals surface area contributed by atoms with Crippen LogP contribution in [0.3, 0.4) is 0 Å². The average Bonchev–Trinajstić information content (AvgIpc) is 2.67. The summed E-state index contributed by atoms with van der Waals surface area (Å²) in [5.74, 6) is 1.34. The molecule has 1 aliphatic rings. The van der Waals surface area contributed by atoms with Crippen molar-refractivity contribution in [3.63, 3.8) is 0 Å². The van der Waals surface area contributed by atoms with Gasteiger partial charge in [0.25, 0.3) is 0 Å². The molecule has 4 nitrogen and oxygen atoms in total. The predicted octanol–water partition coefficient (Wildman–Crippen LogP) is 4.73. The van der Waals surface area contributed by atoms with Gasteiger partial charge in [0, 0.05) is 16.6 Å². The van der Waals surface area contributed by atoms with Crippen LogP contribution in [0, 0.1) is 0 Å². The minimum absolute atomic E-state index is 0.0418. The second-order valence-corrected chi connectivity index (χ2v) is 7.53. The molecule has 1 heterocycles. The van der Waals surface area contributed by atoms with Gasteiger partial charge in [0.1, 0.15) is 13.2 Å². The summed E-state index contributed by atoms with van der Waals surface area (Å²) < 4.78 is 11.1. The van der Waals surface area contributed by atoms with E-state index in [9.17, 15) is 4.79 Å². The van der Waals surface area contributed by atoms with Crippen molar-refractivity contribution < 1.29 is 14.3 Å². The number of benzene rings is 3. The second-order valence-electron chi connectivity index (χ2n) is 6.12. The smallest absolute Gasteiger partial charge is 0.237 e. The van der Waals surface area contributed by atoms with Gasteiger partial charge in [-0.1, -0.05) is 30.3 Å². The summed E-state index contributed by atoms with van der Waals surface area (Å²) in [4.78, 5) is 13.6. The fraction of sp³-hybridized carbons (Fsp3) is 0.190. The van der Waals surface area contributed by atoms with E-state index in [1.807, 2.05) is 31.2 Å². The summed E-state index contributed by atoms with van der Waals surface area (Å²) in [5, 5.41) is 5.11. The third-order valence-corrected chi connectivity index (χ3v) is 5.31. The zero-order valence-corrected chi connectivity index (χ0v) is 15.2. The minimum Gasteiger partial charge on any atom is -0.486 e. The van der Waals surface area contributed by atoms with Crippen LogP contribution in [0.1, 0.15) is 6.92 Å². The van der Waals surface area contributed by atoms with Crippen molar-refractivity contribution in [1.82, 2.24) is 0 Å². The zero-order valence-electron chi connectivity index (χ0n) is 14.4. The highest BCUT2D eigenvalue weighted by atomic mass is 32.2. The molecule has 0 radical (unpaired) electrons. The van der Waals surface area contributed by atoms with Crippen molar-refractivity contribution in [3.8, 4) is 11.5 Å². The first-order valence-corrected chi connectivity index (χ1v) is 9.43. The standard InChI is InChI=1S/C21H19NO3S/c1-14(26-18-8-6-15-4-2-3-5-16(15)12-18)21(23)22-17-7-9-19-20(13-17)25-11-10-24-19/h2-9,12-14H,10-11H2,1H3,(H,22,23). The summed E-state index contributed by atoms with van der Waals surface area (Å²) in [7, 11) is 0. The molecule has 26 heavy (non-hydrogen) atoms. The topological polar surface area (TPSA) is 47.6 Å². The van der Waals surface area contributed by atoms with Crippen LogP contribution in [0.25, 0.3) is 10.8 Å². The fourth-order valence-electron chi connectivity index (χ4n) is 2.86. The van der Waals surface area contributed by atoms with E-state index >= 15 is 0 Å². The summed E-state index contributed by atoms with van der Waals surface area (Å²) in [5.41, 5.74) is 0.713. The van der Waals surface area contributed by atoms with Crippen molar-refractivity contribution in [1.29, 1.82) is 0 Å². The van der Waals surface area contributed by atoms with Crippen LogP contribution in [-0.2, 0) is 4.79 Å². The molecule has 0 aromatic heterocycles. The van der Waals surface area contributed by atoms with Crippen molar-refractivity contribution in [2.75, 3.05) is 18.5 Å². The van der Waals surface area contributed by atoms with Gasteiger partial charge in [0.05, 0.1) is 5.25 Å². The number of rotatable bonds is 4. The maximum atomic E-state index is 12.5. The molecule has 1 unspecified atom stereocenters. The molecule has 1 atom stereocenters. The first-order chi connectivity index (χ1) is 12.7. The van der Waals surface area contributed by atoms with Crippen LogP contribution >= 0.6 is 11.8 Å². The molecule has 0 spiro atoms. The second kappa shape index (κ2) is 7.30. The molecular weight excluding hydrogens is 346 g/mol. The van der Waals surface area contributed by atoms with E-state index in [1.165, 1.54) is 10.8 Å². The molecule has 5 heteroatoms. The lowest BCUT2D eigenvalue weighted by atomic mass is 10.1. The van der Waals surface area contributed by atoms with Crippen LogP contribution in [0.2, 0.25) is 0 Å². The Morgan fingerprint density at radius 3 is 2.58 bits per heavy atom. The predicted molar refractivity (Wildman–Crippen MR) is 105 cm³/mol. The van der Waals surface area contributed by atoms with Crippen LogP contribution in [0.15, 0.2) is 65.6 Å². The van der Waals surface area contributed by atoms with E-state index in [1.54, 1.807) is 17.8 Å². The number of thioether (sulfide) groups is 1. The lowest BCUT2D eigenvalue weighted by molar-refractivity contribution is -0.115. The monoisotopic (exact) mass is 365 g/mol. The van der Waals surface area contributed by atoms with Crippen molar-refractivity contribution in [3.05, 3.63) is 60.7 Å². The highest BCUT2D eigenvalue weighted by molar-refractivity contribution is 8.00. The van der Waals surface area contributed by atoms with Crippen molar-refractivity contribution >= 4 is 34.1 Å². The van der Waals surface area contributed by atoms with Gasteiger partial charge in [-0.3, -0.25) is 4.79 Å². The van der Waals surface area contributed by atoms with Gasteiger partial charge in [0.2, 0.25) is 5.91 Å². The van der Waals surface area contributed by atoms with E-state index in [4.69, 9.17) is 9.47 Å². The first kappa shape index (κ1) is 16.8.